The van der Waals surface area contributed by atoms with E-state index in [4.69, 9.17) is 15.2 Å². The van der Waals surface area contributed by atoms with Crippen LogP contribution in [0.25, 0.3) is 22.2 Å². The van der Waals surface area contributed by atoms with Gasteiger partial charge in [-0.25, -0.2) is 14.5 Å². The number of nitrogen functional groups attached to an aromatic ring is 1. The van der Waals surface area contributed by atoms with E-state index >= 15 is 0 Å². The molecule has 0 fully saturated rings. The minimum Gasteiger partial charge on any atom is -0.476 e. The molecule has 0 saturated heterocycles. The van der Waals surface area contributed by atoms with Crippen LogP contribution >= 0.6 is 15.9 Å². The maximum absolute atomic E-state index is 12.9. The van der Waals surface area contributed by atoms with Crippen LogP contribution in [0.2, 0.25) is 0 Å². The van der Waals surface area contributed by atoms with Crippen LogP contribution in [0, 0.1) is 0 Å². The monoisotopic (exact) mass is 595 g/mol. The number of aryl methyl sites for hydroxylation is 2. The second-order valence-corrected chi connectivity index (χ2v) is 10.8. The van der Waals surface area contributed by atoms with E-state index in [9.17, 15) is 9.59 Å². The lowest BCUT2D eigenvalue weighted by Gasteiger charge is -2.39. The maximum Gasteiger partial charge on any atom is 0.339 e. The van der Waals surface area contributed by atoms with E-state index in [2.05, 4.69) is 54.7 Å². The molecule has 5 rings (SSSR count). The van der Waals surface area contributed by atoms with Crippen LogP contribution in [0.1, 0.15) is 23.7 Å². The van der Waals surface area contributed by atoms with Crippen molar-refractivity contribution in [2.45, 2.75) is 18.9 Å². The van der Waals surface area contributed by atoms with Crippen molar-refractivity contribution in [2.75, 3.05) is 32.5 Å². The molecule has 0 saturated carbocycles. The number of methoxy groups -OCH3 is 1. The molecule has 11 nitrogen and oxygen atoms in total. The number of nitrogens with zero attached hydrogens (tertiary/aromatic N) is 6. The van der Waals surface area contributed by atoms with Crippen LogP contribution in [-0.2, 0) is 24.4 Å². The smallest absolute Gasteiger partial charge is 0.339 e. The average Bonchev–Trinajstić information content (AvgIpc) is 3.43. The number of hydrogen-bond donors (Lipinski definition) is 1. The second kappa shape index (κ2) is 10.3. The van der Waals surface area contributed by atoms with Gasteiger partial charge in [-0.1, -0.05) is 22.0 Å². The zero-order chi connectivity index (χ0) is 27.9. The molecule has 0 spiro atoms. The van der Waals surface area contributed by atoms with Gasteiger partial charge in [0.25, 0.3) is 5.56 Å². The number of nitrogens with two attached hydrogens (primary N) is 1. The van der Waals surface area contributed by atoms with Gasteiger partial charge in [0.1, 0.15) is 6.61 Å². The number of allylic oxidation sites excluding steroid dienone is 1. The number of fused-ring (bicyclic) bond motifs is 1. The van der Waals surface area contributed by atoms with Crippen molar-refractivity contribution >= 4 is 38.9 Å². The number of hydrogen-bond acceptors (Lipinski definition) is 8. The van der Waals surface area contributed by atoms with E-state index in [1.165, 1.54) is 23.9 Å². The lowest BCUT2D eigenvalue weighted by atomic mass is 9.93. The molecule has 4 aromatic rings. The van der Waals surface area contributed by atoms with E-state index < -0.39 is 5.97 Å². The van der Waals surface area contributed by atoms with Crippen molar-refractivity contribution in [2.24, 2.45) is 14.1 Å². The first-order chi connectivity index (χ1) is 18.6. The Morgan fingerprint density at radius 3 is 2.79 bits per heavy atom. The standard InChI is InChI=1S/C27H30BrN7O4/c1-27(35-22-13-18(28)6-7-21(22)31-26(35)29)8-5-9-34(16-27)10-11-39-24-20(14-30-33(24)3)19-12-17(25(37)38-4)15-32(2)23(19)36/h5-7,9,12-15H,8,10-11,16H2,1-4H3,(H2,29,31). The van der Waals surface area contributed by atoms with Gasteiger partial charge >= 0.3 is 5.97 Å². The van der Waals surface area contributed by atoms with Crippen LogP contribution in [0.4, 0.5) is 5.95 Å². The topological polar surface area (TPSA) is 122 Å². The van der Waals surface area contributed by atoms with Gasteiger partial charge in [-0.3, -0.25) is 4.79 Å². The van der Waals surface area contributed by atoms with Gasteiger partial charge in [-0.2, -0.15) is 5.10 Å². The number of anilines is 1. The number of pyridine rings is 1. The fourth-order valence-corrected chi connectivity index (χ4v) is 5.49. The van der Waals surface area contributed by atoms with Crippen LogP contribution in [0.5, 0.6) is 5.88 Å². The molecule has 0 aliphatic carbocycles. The summed E-state index contributed by atoms with van der Waals surface area (Å²) in [5, 5.41) is 4.30. The molecule has 39 heavy (non-hydrogen) atoms. The molecule has 1 aliphatic rings. The van der Waals surface area contributed by atoms with Gasteiger partial charge in [0.15, 0.2) is 0 Å². The van der Waals surface area contributed by atoms with E-state index in [0.717, 1.165) is 21.9 Å². The van der Waals surface area contributed by atoms with Crippen molar-refractivity contribution in [3.05, 3.63) is 69.3 Å². The van der Waals surface area contributed by atoms with Crippen molar-refractivity contribution in [1.29, 1.82) is 0 Å². The number of halogens is 1. The van der Waals surface area contributed by atoms with Crippen LogP contribution in [-0.4, -0.2) is 61.6 Å². The molecular weight excluding hydrogens is 566 g/mol. The van der Waals surface area contributed by atoms with Gasteiger partial charge in [-0.15, -0.1) is 0 Å². The molecule has 1 atom stereocenters. The largest absolute Gasteiger partial charge is 0.476 e. The van der Waals surface area contributed by atoms with Crippen LogP contribution < -0.4 is 16.0 Å². The molecule has 2 N–H and O–H groups in total. The van der Waals surface area contributed by atoms with E-state index in [1.807, 2.05) is 18.2 Å². The van der Waals surface area contributed by atoms with Crippen LogP contribution in [0.3, 0.4) is 0 Å². The Hall–Kier alpha value is -4.06. The number of carbonyl (C=O) groups excluding carboxylic acids is 1. The number of ether oxygens (including phenoxy) is 2. The first-order valence-corrected chi connectivity index (χ1v) is 13.2. The second-order valence-electron chi connectivity index (χ2n) is 9.88. The van der Waals surface area contributed by atoms with Crippen molar-refractivity contribution < 1.29 is 14.3 Å². The van der Waals surface area contributed by atoms with Crippen molar-refractivity contribution in [3.8, 4) is 17.0 Å². The molecule has 1 unspecified atom stereocenters. The first-order valence-electron chi connectivity index (χ1n) is 12.4. The fraction of sp³-hybridized carbons (Fsp3) is 0.333. The lowest BCUT2D eigenvalue weighted by Crippen LogP contribution is -2.44. The Balaban J connectivity index is 1.35. The highest BCUT2D eigenvalue weighted by Crippen LogP contribution is 2.34. The summed E-state index contributed by atoms with van der Waals surface area (Å²) in [5.74, 6) is 0.386. The van der Waals surface area contributed by atoms with Gasteiger partial charge in [0.05, 0.1) is 53.1 Å². The molecule has 204 valence electrons. The van der Waals surface area contributed by atoms with Gasteiger partial charge in [0.2, 0.25) is 11.8 Å². The number of benzene rings is 1. The predicted molar refractivity (Wildman–Crippen MR) is 152 cm³/mol. The number of esters is 1. The lowest BCUT2D eigenvalue weighted by molar-refractivity contribution is 0.0599. The highest BCUT2D eigenvalue weighted by atomic mass is 79.9. The molecule has 12 heteroatoms. The van der Waals surface area contributed by atoms with E-state index in [-0.39, 0.29) is 16.7 Å². The summed E-state index contributed by atoms with van der Waals surface area (Å²) >= 11 is 3.56. The number of imidazole rings is 1. The number of aromatic nitrogens is 5. The zero-order valence-corrected chi connectivity index (χ0v) is 23.8. The van der Waals surface area contributed by atoms with E-state index in [0.29, 0.717) is 42.7 Å². The number of carbonyl (C=O) groups is 1. The highest BCUT2D eigenvalue weighted by molar-refractivity contribution is 9.10. The van der Waals surface area contributed by atoms with Gasteiger partial charge < -0.3 is 29.2 Å². The quantitative estimate of drug-likeness (QED) is 0.323. The predicted octanol–water partition coefficient (Wildman–Crippen LogP) is 3.28. The molecule has 0 amide bonds. The summed E-state index contributed by atoms with van der Waals surface area (Å²) in [5.41, 5.74) is 8.71. The molecule has 0 bridgehead atoms. The van der Waals surface area contributed by atoms with Crippen molar-refractivity contribution in [3.63, 3.8) is 0 Å². The summed E-state index contributed by atoms with van der Waals surface area (Å²) in [6.07, 6.45) is 8.01. The molecule has 4 heterocycles. The zero-order valence-electron chi connectivity index (χ0n) is 22.2. The third-order valence-electron chi connectivity index (χ3n) is 7.00. The fourth-order valence-electron chi connectivity index (χ4n) is 5.14. The summed E-state index contributed by atoms with van der Waals surface area (Å²) in [4.78, 5) is 31.8. The van der Waals surface area contributed by atoms with Crippen molar-refractivity contribution in [1.82, 2.24) is 28.8 Å². The highest BCUT2D eigenvalue weighted by Gasteiger charge is 2.33. The molecule has 1 aliphatic heterocycles. The minimum atomic E-state index is -0.531. The molecule has 0 radical (unpaired) electrons. The Bertz CT molecular complexity index is 1650. The number of rotatable bonds is 7. The summed E-state index contributed by atoms with van der Waals surface area (Å²) in [6.45, 7) is 3.81. The maximum atomic E-state index is 12.9. The summed E-state index contributed by atoms with van der Waals surface area (Å²) in [7, 11) is 4.63. The Morgan fingerprint density at radius 1 is 1.23 bits per heavy atom. The molecule has 3 aromatic heterocycles. The van der Waals surface area contributed by atoms with Crippen LogP contribution in [0.15, 0.2) is 58.2 Å². The SMILES string of the molecule is COC(=O)c1cc(-c2cnn(C)c2OCCN2C=CCC(C)(n3c(N)nc4ccc(Br)cc43)C2)c(=O)n(C)c1. The Labute approximate surface area is 233 Å². The Morgan fingerprint density at radius 2 is 2.03 bits per heavy atom. The summed E-state index contributed by atoms with van der Waals surface area (Å²) < 4.78 is 17.0. The minimum absolute atomic E-state index is 0.264. The van der Waals surface area contributed by atoms with Gasteiger partial charge in [0, 0.05) is 31.3 Å². The van der Waals surface area contributed by atoms with E-state index in [1.54, 1.807) is 25.0 Å². The first kappa shape index (κ1) is 26.5. The normalized spacial score (nSPS) is 17.1. The molecular formula is C27H30BrN7O4. The third kappa shape index (κ3) is 4.91. The van der Waals surface area contributed by atoms with Gasteiger partial charge in [-0.05, 0) is 43.8 Å². The third-order valence-corrected chi connectivity index (χ3v) is 7.49. The Kier molecular flexibility index (Phi) is 6.98. The molecule has 1 aromatic carbocycles. The summed E-state index contributed by atoms with van der Waals surface area (Å²) in [6, 6.07) is 7.47. The average molecular weight is 596 g/mol.